The highest BCUT2D eigenvalue weighted by Crippen LogP contribution is 2.32. The summed E-state index contributed by atoms with van der Waals surface area (Å²) in [5.74, 6) is -1.16. The minimum Gasteiger partial charge on any atom is -0.338 e. The monoisotopic (exact) mass is 460 g/mol. The molecule has 8 nitrogen and oxygen atoms in total. The number of carbonyl (C=O) groups is 2. The minimum absolute atomic E-state index is 0.0536. The number of aromatic nitrogens is 2. The van der Waals surface area contributed by atoms with Gasteiger partial charge in [0.2, 0.25) is 5.91 Å². The SMILES string of the molecule is O=C(Cn1c(=O)[nH]c(=O)c2ccccc21)N1CCN(C(=O)c2ccccc2C(F)(F)F)CC1. The summed E-state index contributed by atoms with van der Waals surface area (Å²) in [4.78, 5) is 54.6. The van der Waals surface area contributed by atoms with Crippen molar-refractivity contribution in [2.45, 2.75) is 12.7 Å². The Kier molecular flexibility index (Phi) is 5.79. The van der Waals surface area contributed by atoms with Gasteiger partial charge in [0.1, 0.15) is 6.54 Å². The van der Waals surface area contributed by atoms with Gasteiger partial charge in [0.25, 0.3) is 11.5 Å². The molecule has 1 N–H and O–H groups in total. The van der Waals surface area contributed by atoms with Crippen molar-refractivity contribution in [2.75, 3.05) is 26.2 Å². The van der Waals surface area contributed by atoms with Gasteiger partial charge in [0.05, 0.1) is 22.0 Å². The summed E-state index contributed by atoms with van der Waals surface area (Å²) in [5, 5.41) is 0.267. The average molecular weight is 460 g/mol. The highest BCUT2D eigenvalue weighted by Gasteiger charge is 2.36. The van der Waals surface area contributed by atoms with Gasteiger partial charge in [-0.2, -0.15) is 13.2 Å². The molecule has 1 saturated heterocycles. The maximum absolute atomic E-state index is 13.2. The first-order chi connectivity index (χ1) is 15.7. The number of nitrogens with one attached hydrogen (secondary N) is 1. The van der Waals surface area contributed by atoms with Crippen LogP contribution in [-0.4, -0.2) is 57.3 Å². The molecule has 0 bridgehead atoms. The van der Waals surface area contributed by atoms with E-state index >= 15 is 0 Å². The first-order valence-electron chi connectivity index (χ1n) is 10.1. The second-order valence-corrected chi connectivity index (χ2v) is 7.58. The van der Waals surface area contributed by atoms with Crippen LogP contribution in [0.5, 0.6) is 0 Å². The first-order valence-corrected chi connectivity index (χ1v) is 10.1. The van der Waals surface area contributed by atoms with E-state index < -0.39 is 40.4 Å². The van der Waals surface area contributed by atoms with Gasteiger partial charge in [0.15, 0.2) is 0 Å². The Bertz CT molecular complexity index is 1340. The van der Waals surface area contributed by atoms with Crippen molar-refractivity contribution in [3.05, 3.63) is 80.5 Å². The fraction of sp³-hybridized carbons (Fsp3) is 0.273. The Labute approximate surface area is 184 Å². The van der Waals surface area contributed by atoms with Crippen LogP contribution < -0.4 is 11.2 Å². The van der Waals surface area contributed by atoms with E-state index in [1.165, 1.54) is 28.0 Å². The summed E-state index contributed by atoms with van der Waals surface area (Å²) in [6.45, 7) is 0.000632. The summed E-state index contributed by atoms with van der Waals surface area (Å²) in [7, 11) is 0. The Balaban J connectivity index is 1.47. The number of halogens is 3. The summed E-state index contributed by atoms with van der Waals surface area (Å²) in [5.41, 5.74) is -2.39. The van der Waals surface area contributed by atoms with Crippen LogP contribution in [-0.2, 0) is 17.5 Å². The van der Waals surface area contributed by atoms with Crippen molar-refractivity contribution >= 4 is 22.7 Å². The predicted molar refractivity (Wildman–Crippen MR) is 113 cm³/mol. The van der Waals surface area contributed by atoms with Gasteiger partial charge in [-0.3, -0.25) is 23.9 Å². The zero-order valence-electron chi connectivity index (χ0n) is 17.3. The number of fused-ring (bicyclic) bond motifs is 1. The maximum atomic E-state index is 13.2. The van der Waals surface area contributed by atoms with E-state index in [2.05, 4.69) is 4.98 Å². The molecule has 0 saturated carbocycles. The number of H-pyrrole nitrogens is 1. The standard InChI is InChI=1S/C22H19F3N4O4/c23-22(24,25)16-7-3-1-5-14(16)20(32)28-11-9-27(10-12-28)18(30)13-29-17-8-4-2-6-15(17)19(31)26-21(29)33/h1-8H,9-13H2,(H,26,31,33). The third-order valence-corrected chi connectivity index (χ3v) is 5.58. The van der Waals surface area contributed by atoms with Crippen LogP contribution in [0.1, 0.15) is 15.9 Å². The molecule has 0 unspecified atom stereocenters. The number of rotatable bonds is 3. The lowest BCUT2D eigenvalue weighted by molar-refractivity contribution is -0.138. The van der Waals surface area contributed by atoms with E-state index in [9.17, 15) is 32.3 Å². The molecule has 1 aliphatic rings. The summed E-state index contributed by atoms with van der Waals surface area (Å²) in [6.07, 6.45) is -4.66. The molecule has 3 aromatic rings. The molecule has 2 heterocycles. The molecule has 2 aromatic carbocycles. The highest BCUT2D eigenvalue weighted by atomic mass is 19.4. The fourth-order valence-corrected chi connectivity index (χ4v) is 3.88. The van der Waals surface area contributed by atoms with E-state index in [-0.39, 0.29) is 38.1 Å². The number of hydrogen-bond donors (Lipinski definition) is 1. The number of carbonyl (C=O) groups excluding carboxylic acids is 2. The molecule has 11 heteroatoms. The van der Waals surface area contributed by atoms with Crippen LogP contribution in [0, 0.1) is 0 Å². The molecule has 1 aromatic heterocycles. The van der Waals surface area contributed by atoms with Crippen LogP contribution in [0.4, 0.5) is 13.2 Å². The molecule has 0 atom stereocenters. The summed E-state index contributed by atoms with van der Waals surface area (Å²) < 4.78 is 40.9. The van der Waals surface area contributed by atoms with E-state index in [1.807, 2.05) is 0 Å². The molecule has 33 heavy (non-hydrogen) atoms. The van der Waals surface area contributed by atoms with Gasteiger partial charge in [-0.05, 0) is 24.3 Å². The Morgan fingerprint density at radius 1 is 0.879 bits per heavy atom. The van der Waals surface area contributed by atoms with Crippen LogP contribution in [0.2, 0.25) is 0 Å². The smallest absolute Gasteiger partial charge is 0.338 e. The molecule has 0 spiro atoms. The summed E-state index contributed by atoms with van der Waals surface area (Å²) >= 11 is 0. The van der Waals surface area contributed by atoms with Crippen LogP contribution in [0.25, 0.3) is 10.9 Å². The molecular weight excluding hydrogens is 441 g/mol. The number of hydrogen-bond acceptors (Lipinski definition) is 4. The predicted octanol–water partition coefficient (Wildman–Crippen LogP) is 1.69. The quantitative estimate of drug-likeness (QED) is 0.644. The molecule has 1 fully saturated rings. The van der Waals surface area contributed by atoms with Gasteiger partial charge >= 0.3 is 11.9 Å². The molecule has 1 aliphatic heterocycles. The topological polar surface area (TPSA) is 95.5 Å². The number of nitrogens with zero attached hydrogens (tertiary/aromatic N) is 3. The van der Waals surface area contributed by atoms with Gasteiger partial charge in [-0.1, -0.05) is 24.3 Å². The van der Waals surface area contributed by atoms with Crippen molar-refractivity contribution < 1.29 is 22.8 Å². The number of amides is 2. The number of para-hydroxylation sites is 1. The lowest BCUT2D eigenvalue weighted by Crippen LogP contribution is -2.52. The molecule has 2 amide bonds. The van der Waals surface area contributed by atoms with Crippen molar-refractivity contribution in [3.8, 4) is 0 Å². The van der Waals surface area contributed by atoms with Crippen molar-refractivity contribution in [2.24, 2.45) is 0 Å². The van der Waals surface area contributed by atoms with Gasteiger partial charge in [-0.25, -0.2) is 4.79 Å². The van der Waals surface area contributed by atoms with E-state index in [1.54, 1.807) is 18.2 Å². The lowest BCUT2D eigenvalue weighted by Gasteiger charge is -2.35. The number of alkyl halides is 3. The van der Waals surface area contributed by atoms with Crippen LogP contribution >= 0.6 is 0 Å². The Morgan fingerprint density at radius 3 is 2.18 bits per heavy atom. The number of benzene rings is 2. The number of aromatic amines is 1. The normalized spacial score (nSPS) is 14.5. The van der Waals surface area contributed by atoms with Crippen molar-refractivity contribution in [1.29, 1.82) is 0 Å². The van der Waals surface area contributed by atoms with Gasteiger partial charge in [-0.15, -0.1) is 0 Å². The van der Waals surface area contributed by atoms with E-state index in [0.29, 0.717) is 5.52 Å². The number of piperazine rings is 1. The van der Waals surface area contributed by atoms with Gasteiger partial charge < -0.3 is 9.80 Å². The van der Waals surface area contributed by atoms with Crippen LogP contribution in [0.15, 0.2) is 58.1 Å². The zero-order chi connectivity index (χ0) is 23.8. The van der Waals surface area contributed by atoms with Crippen molar-refractivity contribution in [1.82, 2.24) is 19.4 Å². The third kappa shape index (κ3) is 4.38. The highest BCUT2D eigenvalue weighted by molar-refractivity contribution is 5.96. The molecule has 0 aliphatic carbocycles. The first kappa shape index (κ1) is 22.3. The Morgan fingerprint density at radius 2 is 1.48 bits per heavy atom. The summed E-state index contributed by atoms with van der Waals surface area (Å²) in [6, 6.07) is 11.0. The lowest BCUT2D eigenvalue weighted by atomic mass is 10.1. The van der Waals surface area contributed by atoms with Crippen LogP contribution in [0.3, 0.4) is 0 Å². The fourth-order valence-electron chi connectivity index (χ4n) is 3.88. The van der Waals surface area contributed by atoms with E-state index in [0.717, 1.165) is 16.7 Å². The van der Waals surface area contributed by atoms with Gasteiger partial charge in [0, 0.05) is 26.2 Å². The second-order valence-electron chi connectivity index (χ2n) is 7.58. The molecular formula is C22H19F3N4O4. The third-order valence-electron chi connectivity index (χ3n) is 5.58. The van der Waals surface area contributed by atoms with Crippen molar-refractivity contribution in [3.63, 3.8) is 0 Å². The molecule has 4 rings (SSSR count). The Hall–Kier alpha value is -3.89. The largest absolute Gasteiger partial charge is 0.417 e. The zero-order valence-corrected chi connectivity index (χ0v) is 17.3. The second kappa shape index (κ2) is 8.57. The van der Waals surface area contributed by atoms with E-state index in [4.69, 9.17) is 0 Å². The molecule has 0 radical (unpaired) electrons. The molecule has 172 valence electrons. The average Bonchev–Trinajstić information content (AvgIpc) is 2.80. The minimum atomic E-state index is -4.66. The maximum Gasteiger partial charge on any atom is 0.417 e.